The van der Waals surface area contributed by atoms with Gasteiger partial charge < -0.3 is 9.51 Å². The molecule has 0 bridgehead atoms. The lowest BCUT2D eigenvalue weighted by atomic mass is 10.1. The smallest absolute Gasteiger partial charge is 0.173 e. The maximum absolute atomic E-state index is 14.6. The Morgan fingerprint density at radius 3 is 2.71 bits per heavy atom. The number of aromatic hydroxyl groups is 1. The second-order valence-electron chi connectivity index (χ2n) is 6.82. The average Bonchev–Trinajstić information content (AvgIpc) is 3.28. The third-order valence-electron chi connectivity index (χ3n) is 4.79. The second kappa shape index (κ2) is 6.16. The molecule has 0 saturated heterocycles. The number of imidazole rings is 1. The van der Waals surface area contributed by atoms with E-state index >= 15 is 0 Å². The molecule has 0 unspecified atom stereocenters. The summed E-state index contributed by atoms with van der Waals surface area (Å²) in [6.45, 7) is 0. The van der Waals surface area contributed by atoms with Crippen LogP contribution < -0.4 is 0 Å². The normalized spacial score (nSPS) is 11.5. The highest BCUT2D eigenvalue weighted by atomic mass is 19.1. The molecule has 0 aliphatic rings. The molecule has 1 N–H and O–H groups in total. The minimum absolute atomic E-state index is 0.127. The average molecular weight is 373 g/mol. The van der Waals surface area contributed by atoms with Crippen LogP contribution in [0.5, 0.6) is 5.75 Å². The van der Waals surface area contributed by atoms with Crippen molar-refractivity contribution in [2.24, 2.45) is 7.05 Å². The summed E-state index contributed by atoms with van der Waals surface area (Å²) >= 11 is 0. The van der Waals surface area contributed by atoms with Crippen LogP contribution in [-0.2, 0) is 13.5 Å². The largest absolute Gasteiger partial charge is 0.506 e. The summed E-state index contributed by atoms with van der Waals surface area (Å²) in [4.78, 5) is 8.45. The summed E-state index contributed by atoms with van der Waals surface area (Å²) < 4.78 is 18.1. The van der Waals surface area contributed by atoms with Gasteiger partial charge in [0.05, 0.1) is 17.9 Å². The third-order valence-corrected chi connectivity index (χ3v) is 4.79. The first kappa shape index (κ1) is 16.4. The molecule has 0 fully saturated rings. The molecule has 138 valence electrons. The van der Waals surface area contributed by atoms with Gasteiger partial charge in [-0.15, -0.1) is 0 Å². The lowest BCUT2D eigenvalue weighted by Crippen LogP contribution is -1.97. The van der Waals surface area contributed by atoms with E-state index in [1.807, 2.05) is 37.6 Å². The summed E-state index contributed by atoms with van der Waals surface area (Å²) in [6.07, 6.45) is 9.13. The molecule has 0 atom stereocenters. The van der Waals surface area contributed by atoms with Gasteiger partial charge in [-0.05, 0) is 29.8 Å². The number of halogens is 1. The highest BCUT2D eigenvalue weighted by molar-refractivity contribution is 5.80. The van der Waals surface area contributed by atoms with Gasteiger partial charge in [0.25, 0.3) is 0 Å². The lowest BCUT2D eigenvalue weighted by Gasteiger charge is -2.07. The van der Waals surface area contributed by atoms with Crippen molar-refractivity contribution in [3.05, 3.63) is 78.4 Å². The van der Waals surface area contributed by atoms with Gasteiger partial charge in [0.15, 0.2) is 11.5 Å². The molecular formula is C21H16FN5O. The Kier molecular flexibility index (Phi) is 3.61. The number of aromatic nitrogens is 5. The summed E-state index contributed by atoms with van der Waals surface area (Å²) in [7, 11) is 1.83. The van der Waals surface area contributed by atoms with Gasteiger partial charge >= 0.3 is 0 Å². The van der Waals surface area contributed by atoms with E-state index < -0.39 is 0 Å². The highest BCUT2D eigenvalue weighted by Gasteiger charge is 2.12. The van der Waals surface area contributed by atoms with Crippen molar-refractivity contribution in [3.63, 3.8) is 0 Å². The number of rotatable bonds is 3. The van der Waals surface area contributed by atoms with Crippen molar-refractivity contribution < 1.29 is 9.50 Å². The van der Waals surface area contributed by atoms with Crippen molar-refractivity contribution in [2.75, 3.05) is 0 Å². The Balaban J connectivity index is 1.58. The summed E-state index contributed by atoms with van der Waals surface area (Å²) in [5.41, 5.74) is 4.58. The molecule has 0 aliphatic heterocycles. The number of fused-ring (bicyclic) bond motifs is 2. The monoisotopic (exact) mass is 373 g/mol. The number of aryl methyl sites for hydroxylation is 1. The van der Waals surface area contributed by atoms with Crippen LogP contribution in [0.3, 0.4) is 0 Å². The topological polar surface area (TPSA) is 68.2 Å². The zero-order chi connectivity index (χ0) is 19.3. The van der Waals surface area contributed by atoms with E-state index in [0.717, 1.165) is 33.3 Å². The summed E-state index contributed by atoms with van der Waals surface area (Å²) in [5.74, 6) is -0.247. The fourth-order valence-electron chi connectivity index (χ4n) is 3.44. The van der Waals surface area contributed by atoms with Gasteiger partial charge in [0, 0.05) is 54.3 Å². The molecule has 4 heterocycles. The second-order valence-corrected chi connectivity index (χ2v) is 6.82. The van der Waals surface area contributed by atoms with E-state index in [9.17, 15) is 9.50 Å². The first-order valence-corrected chi connectivity index (χ1v) is 8.79. The number of hydrogen-bond donors (Lipinski definition) is 1. The molecule has 0 amide bonds. The Bertz CT molecular complexity index is 1340. The van der Waals surface area contributed by atoms with E-state index in [1.54, 1.807) is 27.5 Å². The molecule has 6 nitrogen and oxygen atoms in total. The molecule has 0 aliphatic carbocycles. The number of nitrogens with zero attached hydrogens (tertiary/aromatic N) is 5. The molecular weight excluding hydrogens is 357 g/mol. The Labute approximate surface area is 159 Å². The van der Waals surface area contributed by atoms with Crippen molar-refractivity contribution in [3.8, 4) is 16.9 Å². The van der Waals surface area contributed by atoms with Gasteiger partial charge in [-0.2, -0.15) is 5.10 Å². The lowest BCUT2D eigenvalue weighted by molar-refractivity contribution is 0.474. The van der Waals surface area contributed by atoms with Gasteiger partial charge in [0.1, 0.15) is 5.75 Å². The van der Waals surface area contributed by atoms with Crippen LogP contribution in [0.4, 0.5) is 4.39 Å². The summed E-state index contributed by atoms with van der Waals surface area (Å²) in [6, 6.07) is 9.03. The molecule has 4 aromatic heterocycles. The van der Waals surface area contributed by atoms with Crippen molar-refractivity contribution >= 4 is 16.6 Å². The fraction of sp³-hybridized carbons (Fsp3) is 0.0952. The standard InChI is InChI=1S/C21H16FN5O/c1-26-11-16(8-25-26)15-7-19(22)21-24-9-17(27(21)12-15)5-13-2-3-20-14(4-13)6-18(28)10-23-20/h2-4,6-12,28H,5H2,1H3. The van der Waals surface area contributed by atoms with Gasteiger partial charge in [-0.1, -0.05) is 6.07 Å². The molecule has 5 rings (SSSR count). The van der Waals surface area contributed by atoms with Crippen molar-refractivity contribution in [1.29, 1.82) is 0 Å². The Morgan fingerprint density at radius 1 is 1.00 bits per heavy atom. The van der Waals surface area contributed by atoms with Crippen LogP contribution in [0.2, 0.25) is 0 Å². The quantitative estimate of drug-likeness (QED) is 0.523. The zero-order valence-electron chi connectivity index (χ0n) is 15.0. The maximum Gasteiger partial charge on any atom is 0.173 e. The first-order valence-electron chi connectivity index (χ1n) is 8.79. The van der Waals surface area contributed by atoms with Gasteiger partial charge in [-0.25, -0.2) is 9.37 Å². The third kappa shape index (κ3) is 2.77. The van der Waals surface area contributed by atoms with Crippen molar-refractivity contribution in [1.82, 2.24) is 24.1 Å². The van der Waals surface area contributed by atoms with E-state index in [2.05, 4.69) is 15.1 Å². The minimum Gasteiger partial charge on any atom is -0.506 e. The number of hydrogen-bond acceptors (Lipinski definition) is 4. The molecule has 0 spiro atoms. The molecule has 0 radical (unpaired) electrons. The van der Waals surface area contributed by atoms with E-state index in [4.69, 9.17) is 0 Å². The van der Waals surface area contributed by atoms with Crippen LogP contribution in [0, 0.1) is 5.82 Å². The number of pyridine rings is 2. The van der Waals surface area contributed by atoms with Gasteiger partial charge in [-0.3, -0.25) is 9.67 Å². The van der Waals surface area contributed by atoms with Crippen LogP contribution in [0.15, 0.2) is 61.3 Å². The van der Waals surface area contributed by atoms with Crippen LogP contribution >= 0.6 is 0 Å². The zero-order valence-corrected chi connectivity index (χ0v) is 15.0. The van der Waals surface area contributed by atoms with Crippen molar-refractivity contribution in [2.45, 2.75) is 6.42 Å². The number of benzene rings is 1. The molecule has 7 heteroatoms. The predicted octanol–water partition coefficient (Wildman–Crippen LogP) is 3.72. The fourth-order valence-corrected chi connectivity index (χ4v) is 3.44. The van der Waals surface area contributed by atoms with E-state index in [-0.39, 0.29) is 11.6 Å². The van der Waals surface area contributed by atoms with E-state index in [1.165, 1.54) is 12.3 Å². The summed E-state index contributed by atoms with van der Waals surface area (Å²) in [5, 5.41) is 14.7. The molecule has 5 aromatic rings. The van der Waals surface area contributed by atoms with Crippen LogP contribution in [0.1, 0.15) is 11.3 Å². The van der Waals surface area contributed by atoms with Crippen LogP contribution in [0.25, 0.3) is 27.7 Å². The van der Waals surface area contributed by atoms with Crippen LogP contribution in [-0.4, -0.2) is 29.3 Å². The first-order chi connectivity index (χ1) is 13.6. The maximum atomic E-state index is 14.6. The SMILES string of the molecule is Cn1cc(-c2cc(F)c3ncc(Cc4ccc5ncc(O)cc5c4)n3c2)cn1. The molecule has 0 saturated carbocycles. The predicted molar refractivity (Wildman–Crippen MR) is 104 cm³/mol. The minimum atomic E-state index is -0.375. The molecule has 28 heavy (non-hydrogen) atoms. The molecule has 1 aromatic carbocycles. The van der Waals surface area contributed by atoms with Gasteiger partial charge in [0.2, 0.25) is 0 Å². The highest BCUT2D eigenvalue weighted by Crippen LogP contribution is 2.24. The van der Waals surface area contributed by atoms with E-state index in [0.29, 0.717) is 12.1 Å². The Hall–Kier alpha value is -3.74. The Morgan fingerprint density at radius 2 is 1.89 bits per heavy atom.